The van der Waals surface area contributed by atoms with Gasteiger partial charge < -0.3 is 10.2 Å². The lowest BCUT2D eigenvalue weighted by atomic mass is 10.0. The summed E-state index contributed by atoms with van der Waals surface area (Å²) in [5.74, 6) is 0.0143. The van der Waals surface area contributed by atoms with Crippen LogP contribution in [0.2, 0.25) is 10.0 Å². The van der Waals surface area contributed by atoms with E-state index < -0.39 is 0 Å². The van der Waals surface area contributed by atoms with Gasteiger partial charge in [-0.1, -0.05) is 30.1 Å². The van der Waals surface area contributed by atoms with Crippen LogP contribution in [0.3, 0.4) is 0 Å². The summed E-state index contributed by atoms with van der Waals surface area (Å²) in [5.41, 5.74) is 0.544. The Balaban J connectivity index is 2.21. The zero-order chi connectivity index (χ0) is 14.5. The van der Waals surface area contributed by atoms with E-state index in [2.05, 4.69) is 12.2 Å². The van der Waals surface area contributed by atoms with Crippen molar-refractivity contribution < 1.29 is 4.79 Å². The van der Waals surface area contributed by atoms with Gasteiger partial charge in [0.1, 0.15) is 0 Å². The van der Waals surface area contributed by atoms with E-state index >= 15 is 0 Å². The van der Waals surface area contributed by atoms with Crippen LogP contribution in [0.1, 0.15) is 36.5 Å². The summed E-state index contributed by atoms with van der Waals surface area (Å²) in [5, 5.41) is 4.31. The third-order valence-corrected chi connectivity index (χ3v) is 4.18. The van der Waals surface area contributed by atoms with E-state index in [0.717, 1.165) is 38.9 Å². The molecule has 0 radical (unpaired) electrons. The van der Waals surface area contributed by atoms with Crippen molar-refractivity contribution in [1.29, 1.82) is 0 Å². The van der Waals surface area contributed by atoms with E-state index in [1.807, 2.05) is 4.90 Å². The molecule has 20 heavy (non-hydrogen) atoms. The molecule has 0 bridgehead atoms. The van der Waals surface area contributed by atoms with Crippen LogP contribution >= 0.6 is 23.2 Å². The molecule has 0 atom stereocenters. The van der Waals surface area contributed by atoms with E-state index in [1.54, 1.807) is 18.2 Å². The maximum absolute atomic E-state index is 12.7. The number of hydrogen-bond acceptors (Lipinski definition) is 2. The van der Waals surface area contributed by atoms with Gasteiger partial charge >= 0.3 is 0 Å². The van der Waals surface area contributed by atoms with E-state index in [1.165, 1.54) is 0 Å². The van der Waals surface area contributed by atoms with Crippen molar-refractivity contribution in [3.8, 4) is 0 Å². The highest BCUT2D eigenvalue weighted by molar-refractivity contribution is 6.36. The minimum Gasteiger partial charge on any atom is -0.336 e. The lowest BCUT2D eigenvalue weighted by Crippen LogP contribution is -2.46. The number of carbonyl (C=O) groups is 1. The number of nitrogens with one attached hydrogen (secondary N) is 1. The molecular weight excluding hydrogens is 295 g/mol. The maximum Gasteiger partial charge on any atom is 0.255 e. The van der Waals surface area contributed by atoms with Gasteiger partial charge in [-0.2, -0.15) is 0 Å². The zero-order valence-electron chi connectivity index (χ0n) is 11.7. The van der Waals surface area contributed by atoms with Crippen molar-refractivity contribution >= 4 is 29.1 Å². The molecule has 1 aliphatic rings. The first-order valence-corrected chi connectivity index (χ1v) is 7.85. The van der Waals surface area contributed by atoms with Gasteiger partial charge in [0.05, 0.1) is 10.6 Å². The third-order valence-electron chi connectivity index (χ3n) is 3.64. The Bertz CT molecular complexity index is 473. The topological polar surface area (TPSA) is 32.3 Å². The fourth-order valence-corrected chi connectivity index (χ4v) is 3.12. The van der Waals surface area contributed by atoms with Gasteiger partial charge in [-0.05, 0) is 50.6 Å². The molecule has 1 aliphatic heterocycles. The normalized spacial score (nSPS) is 16.1. The van der Waals surface area contributed by atoms with Gasteiger partial charge in [0.25, 0.3) is 5.91 Å². The first-order chi connectivity index (χ1) is 9.63. The first kappa shape index (κ1) is 15.6. The molecule has 0 aliphatic carbocycles. The van der Waals surface area contributed by atoms with E-state index in [4.69, 9.17) is 23.2 Å². The van der Waals surface area contributed by atoms with Crippen LogP contribution in [-0.4, -0.2) is 36.5 Å². The predicted octanol–water partition coefficient (Wildman–Crippen LogP) is 3.60. The second-order valence-electron chi connectivity index (χ2n) is 5.10. The minimum atomic E-state index is 0.0143. The number of piperidine rings is 1. The molecule has 1 amide bonds. The average molecular weight is 315 g/mol. The smallest absolute Gasteiger partial charge is 0.255 e. The van der Waals surface area contributed by atoms with Crippen LogP contribution in [0.4, 0.5) is 0 Å². The third kappa shape index (κ3) is 3.66. The average Bonchev–Trinajstić information content (AvgIpc) is 2.45. The van der Waals surface area contributed by atoms with Crippen molar-refractivity contribution in [2.45, 2.75) is 32.2 Å². The molecule has 1 N–H and O–H groups in total. The Kier molecular flexibility index (Phi) is 5.70. The molecule has 1 heterocycles. The van der Waals surface area contributed by atoms with Crippen LogP contribution in [-0.2, 0) is 0 Å². The summed E-state index contributed by atoms with van der Waals surface area (Å²) in [7, 11) is 0. The lowest BCUT2D eigenvalue weighted by Gasteiger charge is -2.34. The van der Waals surface area contributed by atoms with Crippen molar-refractivity contribution in [3.63, 3.8) is 0 Å². The number of hydrogen-bond donors (Lipinski definition) is 1. The van der Waals surface area contributed by atoms with Crippen molar-refractivity contribution in [2.75, 3.05) is 19.6 Å². The van der Waals surface area contributed by atoms with Gasteiger partial charge in [-0.15, -0.1) is 0 Å². The van der Waals surface area contributed by atoms with E-state index in [9.17, 15) is 4.79 Å². The Labute approximate surface area is 130 Å². The molecule has 1 fully saturated rings. The summed E-state index contributed by atoms with van der Waals surface area (Å²) in [6, 6.07) is 5.36. The van der Waals surface area contributed by atoms with Gasteiger partial charge in [0, 0.05) is 17.6 Å². The number of halogens is 2. The van der Waals surface area contributed by atoms with Crippen LogP contribution in [0, 0.1) is 0 Å². The van der Waals surface area contributed by atoms with Crippen LogP contribution in [0.15, 0.2) is 18.2 Å². The van der Waals surface area contributed by atoms with Crippen molar-refractivity contribution in [1.82, 2.24) is 10.2 Å². The van der Waals surface area contributed by atoms with Gasteiger partial charge in [-0.25, -0.2) is 0 Å². The predicted molar refractivity (Wildman–Crippen MR) is 83.7 cm³/mol. The zero-order valence-corrected chi connectivity index (χ0v) is 13.2. The Morgan fingerprint density at radius 1 is 1.35 bits per heavy atom. The van der Waals surface area contributed by atoms with Crippen LogP contribution in [0.5, 0.6) is 0 Å². The van der Waals surface area contributed by atoms with E-state index in [0.29, 0.717) is 21.7 Å². The first-order valence-electron chi connectivity index (χ1n) is 7.10. The maximum atomic E-state index is 12.7. The second kappa shape index (κ2) is 7.30. The Morgan fingerprint density at radius 3 is 2.65 bits per heavy atom. The fraction of sp³-hybridized carbons (Fsp3) is 0.533. The molecule has 110 valence electrons. The minimum absolute atomic E-state index is 0.0143. The number of nitrogens with zero attached hydrogens (tertiary/aromatic N) is 1. The molecule has 5 heteroatoms. The van der Waals surface area contributed by atoms with Crippen LogP contribution < -0.4 is 5.32 Å². The number of rotatable bonds is 4. The van der Waals surface area contributed by atoms with Gasteiger partial charge in [0.15, 0.2) is 0 Å². The molecule has 3 nitrogen and oxygen atoms in total. The molecule has 0 unspecified atom stereocenters. The quantitative estimate of drug-likeness (QED) is 0.921. The van der Waals surface area contributed by atoms with Gasteiger partial charge in [-0.3, -0.25) is 4.79 Å². The summed E-state index contributed by atoms with van der Waals surface area (Å²) in [6.45, 7) is 4.78. The Hall–Kier alpha value is -0.770. The highest BCUT2D eigenvalue weighted by atomic mass is 35.5. The molecule has 0 spiro atoms. The molecule has 1 aromatic carbocycles. The fourth-order valence-electron chi connectivity index (χ4n) is 2.63. The van der Waals surface area contributed by atoms with Gasteiger partial charge in [0.2, 0.25) is 0 Å². The number of carbonyl (C=O) groups excluding carboxylic acids is 1. The summed E-state index contributed by atoms with van der Waals surface area (Å²) >= 11 is 12.1. The number of amides is 1. The van der Waals surface area contributed by atoms with Crippen molar-refractivity contribution in [2.24, 2.45) is 0 Å². The summed E-state index contributed by atoms with van der Waals surface area (Å²) in [6.07, 6.45) is 2.94. The SMILES string of the molecule is CCCN(C(=O)c1ccc(Cl)cc1Cl)C1CCNCC1. The lowest BCUT2D eigenvalue weighted by molar-refractivity contribution is 0.0643. The number of benzene rings is 1. The van der Waals surface area contributed by atoms with Crippen LogP contribution in [0.25, 0.3) is 0 Å². The highest BCUT2D eigenvalue weighted by Gasteiger charge is 2.26. The molecule has 0 aromatic heterocycles. The largest absolute Gasteiger partial charge is 0.336 e. The highest BCUT2D eigenvalue weighted by Crippen LogP contribution is 2.24. The Morgan fingerprint density at radius 2 is 2.05 bits per heavy atom. The standard InChI is InChI=1S/C15H20Cl2N2O/c1-2-9-19(12-5-7-18-8-6-12)15(20)13-4-3-11(16)10-14(13)17/h3-4,10,12,18H,2,5-9H2,1H3. The van der Waals surface area contributed by atoms with Crippen molar-refractivity contribution in [3.05, 3.63) is 33.8 Å². The molecule has 2 rings (SSSR count). The molecule has 1 saturated heterocycles. The van der Waals surface area contributed by atoms with E-state index in [-0.39, 0.29) is 5.91 Å². The molecular formula is C15H20Cl2N2O. The molecule has 0 saturated carbocycles. The summed E-state index contributed by atoms with van der Waals surface area (Å²) < 4.78 is 0. The summed E-state index contributed by atoms with van der Waals surface area (Å²) in [4.78, 5) is 14.7. The second-order valence-corrected chi connectivity index (χ2v) is 5.95. The molecule has 1 aromatic rings. The monoisotopic (exact) mass is 314 g/mol.